The number of benzene rings is 1. The molecule has 0 amide bonds. The molecule has 80 valence electrons. The van der Waals surface area contributed by atoms with Gasteiger partial charge in [-0.2, -0.15) is 0 Å². The van der Waals surface area contributed by atoms with E-state index in [1.165, 1.54) is 0 Å². The van der Waals surface area contributed by atoms with Gasteiger partial charge >= 0.3 is 13.1 Å². The van der Waals surface area contributed by atoms with E-state index in [2.05, 4.69) is 4.74 Å². The van der Waals surface area contributed by atoms with Gasteiger partial charge < -0.3 is 14.8 Å². The van der Waals surface area contributed by atoms with Crippen LogP contribution in [0, 0.1) is 5.82 Å². The standard InChI is InChI=1S/C9H10BFO4/c1-2-15-9(12)7-5-6(11)3-4-8(7)10(13)14/h3-5,13-14H,2H2,1H3. The quantitative estimate of drug-likeness (QED) is 0.532. The van der Waals surface area contributed by atoms with Crippen molar-refractivity contribution in [3.8, 4) is 0 Å². The molecule has 1 rings (SSSR count). The number of hydrogen-bond acceptors (Lipinski definition) is 4. The summed E-state index contributed by atoms with van der Waals surface area (Å²) in [4.78, 5) is 11.3. The maximum absolute atomic E-state index is 12.8. The maximum atomic E-state index is 12.8. The van der Waals surface area contributed by atoms with Gasteiger partial charge in [0.25, 0.3) is 0 Å². The van der Waals surface area contributed by atoms with Crippen molar-refractivity contribution < 1.29 is 24.0 Å². The first-order valence-corrected chi connectivity index (χ1v) is 4.39. The van der Waals surface area contributed by atoms with Crippen LogP contribution < -0.4 is 5.46 Å². The first-order chi connectivity index (χ1) is 7.06. The second-order valence-corrected chi connectivity index (χ2v) is 2.83. The summed E-state index contributed by atoms with van der Waals surface area (Å²) in [5.74, 6) is -1.41. The van der Waals surface area contributed by atoms with Crippen molar-refractivity contribution in [3.05, 3.63) is 29.6 Å². The van der Waals surface area contributed by atoms with Gasteiger partial charge in [-0.1, -0.05) is 6.07 Å². The van der Waals surface area contributed by atoms with Crippen LogP contribution in [0.3, 0.4) is 0 Å². The van der Waals surface area contributed by atoms with E-state index in [4.69, 9.17) is 10.0 Å². The molecule has 0 atom stereocenters. The van der Waals surface area contributed by atoms with Gasteiger partial charge in [0, 0.05) is 0 Å². The Hall–Kier alpha value is -1.40. The Morgan fingerprint density at radius 3 is 2.73 bits per heavy atom. The minimum Gasteiger partial charge on any atom is -0.462 e. The van der Waals surface area contributed by atoms with Crippen LogP contribution in [0.1, 0.15) is 17.3 Å². The Labute approximate surface area is 86.4 Å². The number of halogens is 1. The van der Waals surface area contributed by atoms with Crippen LogP contribution in [0.15, 0.2) is 18.2 Å². The fourth-order valence-electron chi connectivity index (χ4n) is 1.14. The summed E-state index contributed by atoms with van der Waals surface area (Å²) < 4.78 is 17.5. The van der Waals surface area contributed by atoms with E-state index < -0.39 is 18.9 Å². The van der Waals surface area contributed by atoms with Gasteiger partial charge in [-0.3, -0.25) is 0 Å². The summed E-state index contributed by atoms with van der Waals surface area (Å²) in [7, 11) is -1.83. The van der Waals surface area contributed by atoms with Crippen LogP contribution in [0.5, 0.6) is 0 Å². The zero-order valence-electron chi connectivity index (χ0n) is 8.11. The van der Waals surface area contributed by atoms with Crippen molar-refractivity contribution in [2.75, 3.05) is 6.61 Å². The average Bonchev–Trinajstić information content (AvgIpc) is 2.17. The van der Waals surface area contributed by atoms with Gasteiger partial charge in [0.1, 0.15) is 5.82 Å². The molecule has 2 N–H and O–H groups in total. The highest BCUT2D eigenvalue weighted by atomic mass is 19.1. The van der Waals surface area contributed by atoms with E-state index >= 15 is 0 Å². The second-order valence-electron chi connectivity index (χ2n) is 2.83. The largest absolute Gasteiger partial charge is 0.489 e. The van der Waals surface area contributed by atoms with Crippen LogP contribution in [0.4, 0.5) is 4.39 Å². The van der Waals surface area contributed by atoms with Crippen LogP contribution >= 0.6 is 0 Å². The number of rotatable bonds is 3. The molecular weight excluding hydrogens is 202 g/mol. The fraction of sp³-hybridized carbons (Fsp3) is 0.222. The Balaban J connectivity index is 3.12. The molecule has 0 aliphatic carbocycles. The first kappa shape index (κ1) is 11.7. The summed E-state index contributed by atoms with van der Waals surface area (Å²) in [5.41, 5.74) is -0.248. The third-order valence-corrected chi connectivity index (χ3v) is 1.79. The molecule has 15 heavy (non-hydrogen) atoms. The molecule has 0 aromatic heterocycles. The van der Waals surface area contributed by atoms with Crippen LogP contribution in [-0.2, 0) is 4.74 Å². The van der Waals surface area contributed by atoms with Crippen molar-refractivity contribution in [2.24, 2.45) is 0 Å². The number of carbonyl (C=O) groups is 1. The van der Waals surface area contributed by atoms with E-state index in [1.807, 2.05) is 0 Å². The summed E-state index contributed by atoms with van der Waals surface area (Å²) in [6, 6.07) is 3.08. The maximum Gasteiger partial charge on any atom is 0.489 e. The number of carbonyl (C=O) groups excluding carboxylic acids is 1. The van der Waals surface area contributed by atoms with Gasteiger partial charge in [0.05, 0.1) is 12.2 Å². The molecule has 0 unspecified atom stereocenters. The van der Waals surface area contributed by atoms with Gasteiger partial charge in [0.2, 0.25) is 0 Å². The Morgan fingerprint density at radius 2 is 2.20 bits per heavy atom. The first-order valence-electron chi connectivity index (χ1n) is 4.39. The molecule has 0 heterocycles. The zero-order chi connectivity index (χ0) is 11.4. The summed E-state index contributed by atoms with van der Waals surface area (Å²) >= 11 is 0. The molecule has 0 saturated carbocycles. The third kappa shape index (κ3) is 2.77. The molecule has 0 aliphatic heterocycles. The van der Waals surface area contributed by atoms with Crippen LogP contribution in [0.25, 0.3) is 0 Å². The predicted molar refractivity (Wildman–Crippen MR) is 52.2 cm³/mol. The Kier molecular flexibility index (Phi) is 3.82. The van der Waals surface area contributed by atoms with Gasteiger partial charge in [-0.15, -0.1) is 0 Å². The smallest absolute Gasteiger partial charge is 0.462 e. The Bertz CT molecular complexity index is 367. The lowest BCUT2D eigenvalue weighted by molar-refractivity contribution is 0.0527. The molecule has 0 radical (unpaired) electrons. The molecule has 1 aromatic carbocycles. The normalized spacial score (nSPS) is 9.87. The van der Waals surface area contributed by atoms with Crippen molar-refractivity contribution >= 4 is 18.6 Å². The third-order valence-electron chi connectivity index (χ3n) is 1.79. The molecular formula is C9H10BFO4. The van der Waals surface area contributed by atoms with E-state index in [1.54, 1.807) is 6.92 Å². The van der Waals surface area contributed by atoms with E-state index in [9.17, 15) is 9.18 Å². The van der Waals surface area contributed by atoms with Crippen molar-refractivity contribution in [3.63, 3.8) is 0 Å². The Morgan fingerprint density at radius 1 is 1.53 bits per heavy atom. The highest BCUT2D eigenvalue weighted by molar-refractivity contribution is 6.60. The summed E-state index contributed by atoms with van der Waals surface area (Å²) in [6.45, 7) is 1.74. The molecule has 1 aromatic rings. The molecule has 0 fully saturated rings. The second kappa shape index (κ2) is 4.90. The van der Waals surface area contributed by atoms with E-state index in [0.717, 1.165) is 18.2 Å². The van der Waals surface area contributed by atoms with Crippen molar-refractivity contribution in [1.82, 2.24) is 0 Å². The average molecular weight is 212 g/mol. The van der Waals surface area contributed by atoms with Gasteiger partial charge in [-0.05, 0) is 24.5 Å². The van der Waals surface area contributed by atoms with Crippen LogP contribution in [0.2, 0.25) is 0 Å². The van der Waals surface area contributed by atoms with Crippen molar-refractivity contribution in [1.29, 1.82) is 0 Å². The predicted octanol–water partition coefficient (Wildman–Crippen LogP) is -0.318. The molecule has 0 saturated heterocycles. The lowest BCUT2D eigenvalue weighted by Crippen LogP contribution is -2.35. The van der Waals surface area contributed by atoms with Crippen molar-refractivity contribution in [2.45, 2.75) is 6.92 Å². The van der Waals surface area contributed by atoms with Gasteiger partial charge in [-0.25, -0.2) is 9.18 Å². The topological polar surface area (TPSA) is 66.8 Å². The lowest BCUT2D eigenvalue weighted by atomic mass is 9.77. The molecule has 0 aliphatic rings. The number of esters is 1. The highest BCUT2D eigenvalue weighted by Gasteiger charge is 2.21. The molecule has 6 heteroatoms. The molecule has 0 bridgehead atoms. The SMILES string of the molecule is CCOC(=O)c1cc(F)ccc1B(O)O. The van der Waals surface area contributed by atoms with Gasteiger partial charge in [0.15, 0.2) is 0 Å². The summed E-state index contributed by atoms with van der Waals surface area (Å²) in [6.07, 6.45) is 0. The van der Waals surface area contributed by atoms with E-state index in [0.29, 0.717) is 0 Å². The summed E-state index contributed by atoms with van der Waals surface area (Å²) in [5, 5.41) is 17.9. The monoisotopic (exact) mass is 212 g/mol. The lowest BCUT2D eigenvalue weighted by Gasteiger charge is -2.07. The molecule has 4 nitrogen and oxygen atoms in total. The highest BCUT2D eigenvalue weighted by Crippen LogP contribution is 2.04. The fourth-order valence-corrected chi connectivity index (χ4v) is 1.14. The zero-order valence-corrected chi connectivity index (χ0v) is 8.11. The molecule has 0 spiro atoms. The van der Waals surface area contributed by atoms with Crippen LogP contribution in [-0.4, -0.2) is 29.7 Å². The minimum absolute atomic E-state index is 0.0742. The minimum atomic E-state index is -1.83. The number of ether oxygens (including phenoxy) is 1. The number of hydrogen-bond donors (Lipinski definition) is 2. The van der Waals surface area contributed by atoms with E-state index in [-0.39, 0.29) is 17.6 Å².